The van der Waals surface area contributed by atoms with Gasteiger partial charge in [0.2, 0.25) is 5.91 Å². The van der Waals surface area contributed by atoms with E-state index < -0.39 is 20.0 Å². The van der Waals surface area contributed by atoms with Crippen LogP contribution in [0.25, 0.3) is 0 Å². The van der Waals surface area contributed by atoms with Crippen molar-refractivity contribution >= 4 is 13.7 Å². The van der Waals surface area contributed by atoms with Crippen molar-refractivity contribution in [2.75, 3.05) is 40.9 Å². The number of nitrogens with zero attached hydrogens (tertiary/aromatic N) is 1. The third-order valence-electron chi connectivity index (χ3n) is 10.4. The van der Waals surface area contributed by atoms with Crippen LogP contribution in [0.5, 0.6) is 0 Å². The highest BCUT2D eigenvalue weighted by Crippen LogP contribution is 2.38. The molecular formula is C46H91N2O6P. The van der Waals surface area contributed by atoms with Crippen LogP contribution in [0.3, 0.4) is 0 Å². The molecule has 326 valence electrons. The van der Waals surface area contributed by atoms with Gasteiger partial charge in [0.15, 0.2) is 0 Å². The lowest BCUT2D eigenvalue weighted by Gasteiger charge is -2.29. The van der Waals surface area contributed by atoms with Gasteiger partial charge in [-0.2, -0.15) is 0 Å². The Balaban J connectivity index is 4.35. The minimum absolute atomic E-state index is 0.00435. The highest BCUT2D eigenvalue weighted by atomic mass is 31.2. The van der Waals surface area contributed by atoms with Crippen LogP contribution in [0.4, 0.5) is 0 Å². The average Bonchev–Trinajstić information content (AvgIpc) is 3.13. The Morgan fingerprint density at radius 3 is 1.47 bits per heavy atom. The van der Waals surface area contributed by atoms with Crippen LogP contribution in [0, 0.1) is 0 Å². The Morgan fingerprint density at radius 2 is 1.02 bits per heavy atom. The van der Waals surface area contributed by atoms with Gasteiger partial charge in [-0.1, -0.05) is 199 Å². The van der Waals surface area contributed by atoms with Crippen molar-refractivity contribution in [1.29, 1.82) is 0 Å². The predicted octanol–water partition coefficient (Wildman–Crippen LogP) is 12.3. The van der Waals surface area contributed by atoms with Gasteiger partial charge in [0, 0.05) is 6.42 Å². The van der Waals surface area contributed by atoms with Gasteiger partial charge in [-0.15, -0.1) is 0 Å². The first kappa shape index (κ1) is 54.0. The van der Waals surface area contributed by atoms with E-state index in [-0.39, 0.29) is 19.1 Å². The molecule has 0 aliphatic rings. The summed E-state index contributed by atoms with van der Waals surface area (Å²) < 4.78 is 23.2. The molecule has 0 radical (unpaired) electrons. The van der Waals surface area contributed by atoms with Crippen molar-refractivity contribution in [2.45, 2.75) is 225 Å². The minimum atomic E-state index is -4.59. The average molecular weight is 799 g/mol. The lowest BCUT2D eigenvalue weighted by Crippen LogP contribution is -2.45. The van der Waals surface area contributed by atoms with Crippen LogP contribution in [0.15, 0.2) is 24.3 Å². The number of likely N-dealkylation sites (N-methyl/N-ethyl adjacent to an activating group) is 1. The van der Waals surface area contributed by atoms with Gasteiger partial charge >= 0.3 is 0 Å². The molecule has 0 aliphatic carbocycles. The molecule has 0 heterocycles. The second-order valence-electron chi connectivity index (χ2n) is 17.1. The number of carbonyl (C=O) groups is 1. The van der Waals surface area contributed by atoms with Crippen molar-refractivity contribution in [1.82, 2.24) is 5.32 Å². The summed E-state index contributed by atoms with van der Waals surface area (Å²) in [6.07, 6.45) is 45.2. The molecule has 0 spiro atoms. The number of hydrogen-bond acceptors (Lipinski definition) is 6. The van der Waals surface area contributed by atoms with Crippen molar-refractivity contribution in [3.63, 3.8) is 0 Å². The monoisotopic (exact) mass is 799 g/mol. The van der Waals surface area contributed by atoms with Gasteiger partial charge in [0.1, 0.15) is 13.2 Å². The highest BCUT2D eigenvalue weighted by molar-refractivity contribution is 7.45. The molecule has 0 saturated heterocycles. The van der Waals surface area contributed by atoms with Crippen molar-refractivity contribution in [3.8, 4) is 0 Å². The summed E-state index contributed by atoms with van der Waals surface area (Å²) in [5, 5.41) is 13.8. The number of quaternary nitrogens is 1. The summed E-state index contributed by atoms with van der Waals surface area (Å²) in [7, 11) is 1.25. The zero-order chi connectivity index (χ0) is 40.7. The molecule has 0 rings (SSSR count). The van der Waals surface area contributed by atoms with E-state index in [1.54, 1.807) is 6.08 Å². The molecule has 9 heteroatoms. The Bertz CT molecular complexity index is 953. The summed E-state index contributed by atoms with van der Waals surface area (Å²) in [5.74, 6) is -0.208. The van der Waals surface area contributed by atoms with Crippen LogP contribution < -0.4 is 10.2 Å². The largest absolute Gasteiger partial charge is 0.756 e. The number of rotatable bonds is 42. The molecular weight excluding hydrogens is 707 g/mol. The highest BCUT2D eigenvalue weighted by Gasteiger charge is 2.23. The van der Waals surface area contributed by atoms with E-state index in [4.69, 9.17) is 9.05 Å². The van der Waals surface area contributed by atoms with Crippen LogP contribution in [-0.2, 0) is 18.4 Å². The second-order valence-corrected chi connectivity index (χ2v) is 18.5. The number of hydrogen-bond donors (Lipinski definition) is 2. The van der Waals surface area contributed by atoms with Crippen molar-refractivity contribution < 1.29 is 32.9 Å². The first-order valence-electron chi connectivity index (χ1n) is 23.2. The Labute approximate surface area is 341 Å². The smallest absolute Gasteiger partial charge is 0.268 e. The van der Waals surface area contributed by atoms with Crippen LogP contribution in [-0.4, -0.2) is 68.5 Å². The summed E-state index contributed by atoms with van der Waals surface area (Å²) in [6.45, 7) is 4.62. The van der Waals surface area contributed by atoms with Crippen LogP contribution in [0.2, 0.25) is 0 Å². The predicted molar refractivity (Wildman–Crippen MR) is 233 cm³/mol. The molecule has 1 amide bonds. The Morgan fingerprint density at radius 1 is 0.618 bits per heavy atom. The molecule has 0 aromatic rings. The lowest BCUT2D eigenvalue weighted by molar-refractivity contribution is -0.870. The van der Waals surface area contributed by atoms with Gasteiger partial charge in [-0.3, -0.25) is 9.36 Å². The topological polar surface area (TPSA) is 108 Å². The molecule has 3 unspecified atom stereocenters. The first-order valence-corrected chi connectivity index (χ1v) is 24.7. The van der Waals surface area contributed by atoms with Crippen molar-refractivity contribution in [2.24, 2.45) is 0 Å². The molecule has 55 heavy (non-hydrogen) atoms. The van der Waals surface area contributed by atoms with Gasteiger partial charge in [-0.05, 0) is 32.1 Å². The molecule has 0 aliphatic heterocycles. The number of phosphoric acid groups is 1. The number of phosphoric ester groups is 1. The van der Waals surface area contributed by atoms with Crippen LogP contribution in [0.1, 0.15) is 213 Å². The van der Waals surface area contributed by atoms with E-state index in [0.717, 1.165) is 38.5 Å². The van der Waals surface area contributed by atoms with E-state index in [2.05, 4.69) is 31.3 Å². The van der Waals surface area contributed by atoms with Gasteiger partial charge in [0.25, 0.3) is 7.82 Å². The zero-order valence-corrected chi connectivity index (χ0v) is 37.8. The molecule has 0 bridgehead atoms. The number of nitrogens with one attached hydrogen (secondary N) is 1. The molecule has 0 aromatic heterocycles. The first-order chi connectivity index (χ1) is 26.5. The Kier molecular flexibility index (Phi) is 37.8. The molecule has 0 aromatic carbocycles. The van der Waals surface area contributed by atoms with E-state index in [0.29, 0.717) is 17.4 Å². The second kappa shape index (κ2) is 38.5. The van der Waals surface area contributed by atoms with Gasteiger partial charge in [-0.25, -0.2) is 0 Å². The van der Waals surface area contributed by atoms with Gasteiger partial charge in [0.05, 0.1) is 39.9 Å². The molecule has 8 nitrogen and oxygen atoms in total. The van der Waals surface area contributed by atoms with Crippen LogP contribution >= 0.6 is 7.82 Å². The fraction of sp³-hybridized carbons (Fsp3) is 0.891. The van der Waals surface area contributed by atoms with Gasteiger partial charge < -0.3 is 28.8 Å². The fourth-order valence-corrected chi connectivity index (χ4v) is 7.42. The van der Waals surface area contributed by atoms with E-state index in [9.17, 15) is 19.4 Å². The third-order valence-corrected chi connectivity index (χ3v) is 11.4. The molecule has 2 N–H and O–H groups in total. The number of unbranched alkanes of at least 4 members (excludes halogenated alkanes) is 27. The normalized spacial score (nSPS) is 14.5. The maximum atomic E-state index is 12.8. The summed E-state index contributed by atoms with van der Waals surface area (Å²) in [4.78, 5) is 25.2. The number of carbonyl (C=O) groups excluding carboxylic acids is 1. The zero-order valence-electron chi connectivity index (χ0n) is 36.9. The third kappa shape index (κ3) is 41.0. The number of aliphatic hydroxyl groups excluding tert-OH is 1. The quantitative estimate of drug-likeness (QED) is 0.0276. The number of aliphatic hydroxyl groups is 1. The SMILES string of the molecule is CCCCCCCCCCCCCCCCCC/C=C/CC/C=C/C(O)C(COP(=O)([O-])OCC[N+](C)(C)C)NC(=O)CCCCCCCCCCCCC. The minimum Gasteiger partial charge on any atom is -0.756 e. The fourth-order valence-electron chi connectivity index (χ4n) is 6.70. The molecule has 0 fully saturated rings. The summed E-state index contributed by atoms with van der Waals surface area (Å²) in [5.41, 5.74) is 0. The Hall–Kier alpha value is -1.02. The lowest BCUT2D eigenvalue weighted by atomic mass is 10.0. The van der Waals surface area contributed by atoms with Crippen molar-refractivity contribution in [3.05, 3.63) is 24.3 Å². The molecule has 0 saturated carbocycles. The maximum absolute atomic E-state index is 12.8. The summed E-state index contributed by atoms with van der Waals surface area (Å²) in [6, 6.07) is -0.897. The van der Waals surface area contributed by atoms with E-state index >= 15 is 0 Å². The molecule has 3 atom stereocenters. The van der Waals surface area contributed by atoms with E-state index in [1.165, 1.54) is 154 Å². The summed E-state index contributed by atoms with van der Waals surface area (Å²) >= 11 is 0. The number of amides is 1. The number of allylic oxidation sites excluding steroid dienone is 3. The maximum Gasteiger partial charge on any atom is 0.268 e. The van der Waals surface area contributed by atoms with E-state index in [1.807, 2.05) is 27.2 Å². The standard InChI is InChI=1S/C46H91N2O6P/c1-6-8-10-12-14-16-18-19-20-21-22-23-24-25-26-27-28-30-31-33-35-37-39-45(49)44(43-54-55(51,52)53-42-41-48(3,4)5)47-46(50)40-38-36-34-32-29-17-15-13-11-9-7-2/h30-31,37,39,44-45,49H,6-29,32-36,38,40-43H2,1-5H3,(H-,47,50,51,52)/b31-30+,39-37+.